The minimum Gasteiger partial charge on any atom is -0.347 e. The molecule has 1 aliphatic rings. The van der Waals surface area contributed by atoms with E-state index in [1.807, 2.05) is 25.1 Å². The fourth-order valence-electron chi connectivity index (χ4n) is 1.85. The fraction of sp³-hybridized carbons (Fsp3) is 0.538. The van der Waals surface area contributed by atoms with Crippen LogP contribution in [0.15, 0.2) is 24.4 Å². The van der Waals surface area contributed by atoms with Gasteiger partial charge in [0.1, 0.15) is 0 Å². The summed E-state index contributed by atoms with van der Waals surface area (Å²) in [6.45, 7) is 1.92. The summed E-state index contributed by atoms with van der Waals surface area (Å²) < 4.78 is 0. The number of carbonyl (C=O) groups is 1. The molecule has 17 heavy (non-hydrogen) atoms. The molecule has 1 heterocycles. The molecule has 4 heteroatoms. The van der Waals surface area contributed by atoms with Crippen molar-refractivity contribution in [2.45, 2.75) is 38.3 Å². The lowest BCUT2D eigenvalue weighted by atomic mass is 10.1. The topological polar surface area (TPSA) is 68.0 Å². The van der Waals surface area contributed by atoms with Crippen LogP contribution < -0.4 is 11.1 Å². The van der Waals surface area contributed by atoms with Crippen molar-refractivity contribution in [2.24, 2.45) is 11.7 Å². The zero-order valence-electron chi connectivity index (χ0n) is 10.1. The van der Waals surface area contributed by atoms with Crippen molar-refractivity contribution in [1.82, 2.24) is 10.3 Å². The van der Waals surface area contributed by atoms with E-state index in [4.69, 9.17) is 5.73 Å². The second-order valence-corrected chi connectivity index (χ2v) is 4.77. The minimum atomic E-state index is -0.381. The monoisotopic (exact) mass is 233 g/mol. The quantitative estimate of drug-likeness (QED) is 0.807. The summed E-state index contributed by atoms with van der Waals surface area (Å²) in [5, 5.41) is 2.90. The molecule has 2 atom stereocenters. The molecular weight excluding hydrogens is 214 g/mol. The summed E-state index contributed by atoms with van der Waals surface area (Å²) in [4.78, 5) is 16.0. The summed E-state index contributed by atoms with van der Waals surface area (Å²) in [6.07, 6.45) is 4.97. The highest BCUT2D eigenvalue weighted by molar-refractivity contribution is 5.81. The van der Waals surface area contributed by atoms with Crippen molar-refractivity contribution in [3.05, 3.63) is 30.1 Å². The molecule has 0 bridgehead atoms. The van der Waals surface area contributed by atoms with Crippen LogP contribution in [0.25, 0.3) is 0 Å². The Morgan fingerprint density at radius 3 is 2.94 bits per heavy atom. The lowest BCUT2D eigenvalue weighted by Crippen LogP contribution is -2.42. The predicted molar refractivity (Wildman–Crippen MR) is 66.1 cm³/mol. The Labute approximate surface area is 102 Å². The first-order valence-electron chi connectivity index (χ1n) is 6.13. The van der Waals surface area contributed by atoms with E-state index in [1.165, 1.54) is 12.8 Å². The van der Waals surface area contributed by atoms with Gasteiger partial charge in [0.25, 0.3) is 0 Å². The standard InChI is InChI=1S/C13H19N3O/c1-9(12-4-2-3-7-15-12)16-13(17)11(14)8-10-5-6-10/h2-4,7,9-11H,5-6,8,14H2,1H3,(H,16,17)/t9-,11-/m0/s1. The Morgan fingerprint density at radius 1 is 1.59 bits per heavy atom. The SMILES string of the molecule is C[C@H](NC(=O)[C@@H](N)CC1CC1)c1ccccn1. The maximum Gasteiger partial charge on any atom is 0.237 e. The van der Waals surface area contributed by atoms with Crippen molar-refractivity contribution < 1.29 is 4.79 Å². The van der Waals surface area contributed by atoms with Crippen LogP contribution in [0.4, 0.5) is 0 Å². The molecule has 92 valence electrons. The number of pyridine rings is 1. The van der Waals surface area contributed by atoms with Gasteiger partial charge in [-0.15, -0.1) is 0 Å². The lowest BCUT2D eigenvalue weighted by Gasteiger charge is -2.16. The van der Waals surface area contributed by atoms with Crippen LogP contribution in [0.5, 0.6) is 0 Å². The van der Waals surface area contributed by atoms with E-state index in [0.29, 0.717) is 5.92 Å². The number of rotatable bonds is 5. The number of amides is 1. The molecular formula is C13H19N3O. The third-order valence-electron chi connectivity index (χ3n) is 3.11. The Morgan fingerprint density at radius 2 is 2.35 bits per heavy atom. The second-order valence-electron chi connectivity index (χ2n) is 4.77. The van der Waals surface area contributed by atoms with Crippen molar-refractivity contribution in [1.29, 1.82) is 0 Å². The summed E-state index contributed by atoms with van der Waals surface area (Å²) in [7, 11) is 0. The molecule has 0 unspecified atom stereocenters. The van der Waals surface area contributed by atoms with Gasteiger partial charge >= 0.3 is 0 Å². The summed E-state index contributed by atoms with van der Waals surface area (Å²) >= 11 is 0. The van der Waals surface area contributed by atoms with Crippen LogP contribution in [0.2, 0.25) is 0 Å². The minimum absolute atomic E-state index is 0.0740. The zero-order chi connectivity index (χ0) is 12.3. The molecule has 1 amide bonds. The van der Waals surface area contributed by atoms with Gasteiger partial charge in [0, 0.05) is 6.20 Å². The number of hydrogen-bond acceptors (Lipinski definition) is 3. The third kappa shape index (κ3) is 3.53. The number of aromatic nitrogens is 1. The van der Waals surface area contributed by atoms with Gasteiger partial charge in [0.05, 0.1) is 17.8 Å². The largest absolute Gasteiger partial charge is 0.347 e. The summed E-state index contributed by atoms with van der Waals surface area (Å²) in [5.74, 6) is 0.593. The predicted octanol–water partition coefficient (Wildman–Crippen LogP) is 1.39. The number of hydrogen-bond donors (Lipinski definition) is 2. The molecule has 1 aromatic rings. The van der Waals surface area contributed by atoms with Gasteiger partial charge in [-0.25, -0.2) is 0 Å². The average molecular weight is 233 g/mol. The van der Waals surface area contributed by atoms with Crippen LogP contribution in [0, 0.1) is 5.92 Å². The van der Waals surface area contributed by atoms with Crippen molar-refractivity contribution in [3.8, 4) is 0 Å². The molecule has 0 aromatic carbocycles. The van der Waals surface area contributed by atoms with E-state index in [9.17, 15) is 4.79 Å². The summed E-state index contributed by atoms with van der Waals surface area (Å²) in [6, 6.07) is 5.20. The molecule has 3 N–H and O–H groups in total. The number of nitrogens with zero attached hydrogens (tertiary/aromatic N) is 1. The molecule has 4 nitrogen and oxygen atoms in total. The number of nitrogens with two attached hydrogens (primary N) is 1. The third-order valence-corrected chi connectivity index (χ3v) is 3.11. The van der Waals surface area contributed by atoms with Crippen LogP contribution >= 0.6 is 0 Å². The molecule has 0 spiro atoms. The fourth-order valence-corrected chi connectivity index (χ4v) is 1.85. The molecule has 1 fully saturated rings. The number of carbonyl (C=O) groups excluding carboxylic acids is 1. The van der Waals surface area contributed by atoms with Gasteiger partial charge in [-0.2, -0.15) is 0 Å². The normalized spacial score (nSPS) is 18.5. The second kappa shape index (κ2) is 5.27. The van der Waals surface area contributed by atoms with Crippen molar-refractivity contribution >= 4 is 5.91 Å². The molecule has 1 saturated carbocycles. The van der Waals surface area contributed by atoms with Crippen LogP contribution in [0.3, 0.4) is 0 Å². The van der Waals surface area contributed by atoms with Gasteiger partial charge in [0.15, 0.2) is 0 Å². The van der Waals surface area contributed by atoms with Gasteiger partial charge in [0.2, 0.25) is 5.91 Å². The van der Waals surface area contributed by atoms with Crippen LogP contribution in [-0.4, -0.2) is 16.9 Å². The molecule has 0 aliphatic heterocycles. The van der Waals surface area contributed by atoms with E-state index in [2.05, 4.69) is 10.3 Å². The Balaban J connectivity index is 1.85. The first-order chi connectivity index (χ1) is 8.16. The van der Waals surface area contributed by atoms with E-state index in [1.54, 1.807) is 6.20 Å². The maximum atomic E-state index is 11.8. The highest BCUT2D eigenvalue weighted by Crippen LogP contribution is 2.33. The van der Waals surface area contributed by atoms with E-state index >= 15 is 0 Å². The van der Waals surface area contributed by atoms with Crippen LogP contribution in [-0.2, 0) is 4.79 Å². The smallest absolute Gasteiger partial charge is 0.237 e. The molecule has 2 rings (SSSR count). The Bertz CT molecular complexity index is 376. The molecule has 1 aromatic heterocycles. The highest BCUT2D eigenvalue weighted by Gasteiger charge is 2.27. The van der Waals surface area contributed by atoms with Gasteiger partial charge < -0.3 is 11.1 Å². The Hall–Kier alpha value is -1.42. The van der Waals surface area contributed by atoms with E-state index < -0.39 is 0 Å². The van der Waals surface area contributed by atoms with Crippen LogP contribution in [0.1, 0.15) is 37.9 Å². The van der Waals surface area contributed by atoms with E-state index in [-0.39, 0.29) is 18.0 Å². The molecule has 0 saturated heterocycles. The van der Waals surface area contributed by atoms with Gasteiger partial charge in [-0.3, -0.25) is 9.78 Å². The lowest BCUT2D eigenvalue weighted by molar-refractivity contribution is -0.123. The highest BCUT2D eigenvalue weighted by atomic mass is 16.2. The molecule has 0 radical (unpaired) electrons. The Kier molecular flexibility index (Phi) is 3.74. The number of nitrogens with one attached hydrogen (secondary N) is 1. The average Bonchev–Trinajstić information content (AvgIpc) is 3.14. The molecule has 1 aliphatic carbocycles. The zero-order valence-corrected chi connectivity index (χ0v) is 10.1. The first kappa shape index (κ1) is 12.0. The van der Waals surface area contributed by atoms with Crippen molar-refractivity contribution in [2.75, 3.05) is 0 Å². The maximum absolute atomic E-state index is 11.8. The van der Waals surface area contributed by atoms with Gasteiger partial charge in [-0.1, -0.05) is 18.9 Å². The van der Waals surface area contributed by atoms with E-state index in [0.717, 1.165) is 12.1 Å². The van der Waals surface area contributed by atoms with Crippen molar-refractivity contribution in [3.63, 3.8) is 0 Å². The summed E-state index contributed by atoms with van der Waals surface area (Å²) in [5.41, 5.74) is 6.71. The van der Waals surface area contributed by atoms with Gasteiger partial charge in [-0.05, 0) is 31.4 Å². The first-order valence-corrected chi connectivity index (χ1v) is 6.13.